The molecule has 4 aliphatic carbocycles. The summed E-state index contributed by atoms with van der Waals surface area (Å²) in [6.07, 6.45) is 7.52. The second-order valence-corrected chi connectivity index (χ2v) is 8.63. The molecule has 1 aromatic carbocycles. The van der Waals surface area contributed by atoms with E-state index in [1.54, 1.807) is 0 Å². The van der Waals surface area contributed by atoms with Gasteiger partial charge in [0.1, 0.15) is 5.92 Å². The van der Waals surface area contributed by atoms with Gasteiger partial charge in [-0.2, -0.15) is 0 Å². The molecular formula is C20H18N2O2. The molecule has 1 amide bonds. The molecule has 24 heavy (non-hydrogen) atoms. The van der Waals surface area contributed by atoms with Crippen LogP contribution in [0.4, 0.5) is 5.69 Å². The Morgan fingerprint density at radius 3 is 2.96 bits per heavy atom. The Bertz CT molecular complexity index is 907. The third kappa shape index (κ3) is 0.842. The van der Waals surface area contributed by atoms with E-state index in [4.69, 9.17) is 0 Å². The molecular weight excluding hydrogens is 300 g/mol. The zero-order valence-corrected chi connectivity index (χ0v) is 13.3. The summed E-state index contributed by atoms with van der Waals surface area (Å²) in [6.45, 7) is 0.666. The van der Waals surface area contributed by atoms with Crippen molar-refractivity contribution in [3.8, 4) is 0 Å². The lowest BCUT2D eigenvalue weighted by molar-refractivity contribution is -0.143. The Labute approximate surface area is 139 Å². The number of Topliss-reactive ketones (excluding diaryl/α,β-unsaturated/α-hetero) is 1. The monoisotopic (exact) mass is 318 g/mol. The van der Waals surface area contributed by atoms with Gasteiger partial charge in [-0.1, -0.05) is 30.4 Å². The number of hydrogen-bond donors (Lipinski definition) is 1. The van der Waals surface area contributed by atoms with Crippen LogP contribution in [0.2, 0.25) is 0 Å². The number of ketones is 1. The summed E-state index contributed by atoms with van der Waals surface area (Å²) in [7, 11) is 0. The van der Waals surface area contributed by atoms with Gasteiger partial charge < -0.3 is 10.2 Å². The topological polar surface area (TPSA) is 49.4 Å². The van der Waals surface area contributed by atoms with Crippen molar-refractivity contribution in [3.05, 3.63) is 42.0 Å². The minimum absolute atomic E-state index is 0.000365. The van der Waals surface area contributed by atoms with E-state index >= 15 is 0 Å². The zero-order valence-electron chi connectivity index (χ0n) is 13.3. The number of para-hydroxylation sites is 1. The summed E-state index contributed by atoms with van der Waals surface area (Å²) in [5, 5.41) is 3.80. The molecule has 7 aliphatic rings. The fourth-order valence-electron chi connectivity index (χ4n) is 7.88. The van der Waals surface area contributed by atoms with Crippen molar-refractivity contribution >= 4 is 17.4 Å². The molecule has 3 spiro atoms. The predicted octanol–water partition coefficient (Wildman–Crippen LogP) is 1.87. The van der Waals surface area contributed by atoms with E-state index in [2.05, 4.69) is 46.6 Å². The lowest BCUT2D eigenvalue weighted by Gasteiger charge is -2.65. The minimum Gasteiger partial charge on any atom is -0.378 e. The molecule has 1 aromatic rings. The second-order valence-electron chi connectivity index (χ2n) is 8.63. The lowest BCUT2D eigenvalue weighted by Crippen LogP contribution is -2.73. The quantitative estimate of drug-likeness (QED) is 0.587. The summed E-state index contributed by atoms with van der Waals surface area (Å²) in [5.74, 6) is -0.184. The first-order valence-corrected chi connectivity index (χ1v) is 9.05. The highest BCUT2D eigenvalue weighted by atomic mass is 16.2. The predicted molar refractivity (Wildman–Crippen MR) is 87.4 cm³/mol. The standard InChI is InChI=1S/C20H18N2O2/c23-15-12-10-18-6-3-9-22-16(24)14(15)20(17(18)22)11-4-1-2-5-13(11)21-19(12,20)8-7-18/h1-6,12,14,17,21H,7-10H2/t12-,14-,17-,18+,19+,20-/m0/s1. The summed E-state index contributed by atoms with van der Waals surface area (Å²) in [5.41, 5.74) is 1.80. The number of hydrogen-bond acceptors (Lipinski definition) is 3. The molecule has 1 N–H and O–H groups in total. The number of fused-ring (bicyclic) bond motifs is 2. The third-order valence-electron chi connectivity index (χ3n) is 8.29. The number of rotatable bonds is 0. The highest BCUT2D eigenvalue weighted by Gasteiger charge is 2.88. The second kappa shape index (κ2) is 3.19. The van der Waals surface area contributed by atoms with E-state index in [1.807, 2.05) is 0 Å². The Kier molecular flexibility index (Phi) is 1.64. The van der Waals surface area contributed by atoms with Crippen LogP contribution in [0.1, 0.15) is 24.8 Å². The largest absolute Gasteiger partial charge is 0.378 e. The van der Waals surface area contributed by atoms with Gasteiger partial charge in [-0.25, -0.2) is 0 Å². The molecule has 4 bridgehead atoms. The molecule has 0 radical (unpaired) electrons. The molecule has 5 fully saturated rings. The summed E-state index contributed by atoms with van der Waals surface area (Å²) in [6, 6.07) is 8.58. The molecule has 3 heterocycles. The minimum atomic E-state index is -0.467. The van der Waals surface area contributed by atoms with Crippen LogP contribution in [0.15, 0.2) is 36.4 Å². The Morgan fingerprint density at radius 1 is 1.17 bits per heavy atom. The molecule has 0 unspecified atom stereocenters. The fourth-order valence-corrected chi connectivity index (χ4v) is 7.88. The van der Waals surface area contributed by atoms with Crippen LogP contribution in [-0.4, -0.2) is 34.7 Å². The van der Waals surface area contributed by atoms with E-state index in [-0.39, 0.29) is 40.0 Å². The van der Waals surface area contributed by atoms with Crippen molar-refractivity contribution in [1.29, 1.82) is 0 Å². The van der Waals surface area contributed by atoms with Crippen molar-refractivity contribution in [2.75, 3.05) is 11.9 Å². The molecule has 4 nitrogen and oxygen atoms in total. The lowest BCUT2D eigenvalue weighted by atomic mass is 9.42. The van der Waals surface area contributed by atoms with Gasteiger partial charge in [0, 0.05) is 23.6 Å². The first-order valence-electron chi connectivity index (χ1n) is 9.05. The fraction of sp³-hybridized carbons (Fsp3) is 0.500. The number of anilines is 1. The van der Waals surface area contributed by atoms with Crippen LogP contribution < -0.4 is 5.32 Å². The van der Waals surface area contributed by atoms with Gasteiger partial charge in [-0.05, 0) is 30.9 Å². The normalized spacial score (nSPS) is 51.0. The van der Waals surface area contributed by atoms with Crippen LogP contribution in [0.25, 0.3) is 0 Å². The third-order valence-corrected chi connectivity index (χ3v) is 8.29. The van der Waals surface area contributed by atoms with E-state index in [9.17, 15) is 9.59 Å². The molecule has 0 aromatic heterocycles. The number of nitrogens with zero attached hydrogens (tertiary/aromatic N) is 1. The first kappa shape index (κ1) is 12.3. The van der Waals surface area contributed by atoms with Gasteiger partial charge in [0.15, 0.2) is 5.78 Å². The van der Waals surface area contributed by atoms with Gasteiger partial charge in [0.2, 0.25) is 5.91 Å². The highest BCUT2D eigenvalue weighted by molar-refractivity contribution is 6.12. The number of amides is 1. The summed E-state index contributed by atoms with van der Waals surface area (Å²) >= 11 is 0. The zero-order chi connectivity index (χ0) is 15.9. The molecule has 1 saturated heterocycles. The van der Waals surface area contributed by atoms with E-state index in [0.29, 0.717) is 6.54 Å². The molecule has 4 heteroatoms. The van der Waals surface area contributed by atoms with Gasteiger partial charge >= 0.3 is 0 Å². The number of carbonyl (C=O) groups excluding carboxylic acids is 2. The van der Waals surface area contributed by atoms with Crippen LogP contribution >= 0.6 is 0 Å². The SMILES string of the molecule is O=C1[C@H]2C(=O)N3CC=C[C@]45CC[C@@]6(Nc7ccccc7[C@@]26[C@@H]34)[C@H]1C5. The highest BCUT2D eigenvalue weighted by Crippen LogP contribution is 2.78. The van der Waals surface area contributed by atoms with Gasteiger partial charge in [0.05, 0.1) is 17.0 Å². The maximum atomic E-state index is 13.4. The van der Waals surface area contributed by atoms with Crippen molar-refractivity contribution in [1.82, 2.24) is 4.90 Å². The van der Waals surface area contributed by atoms with Crippen LogP contribution in [0, 0.1) is 17.3 Å². The number of nitrogens with one attached hydrogen (secondary N) is 1. The summed E-state index contributed by atoms with van der Waals surface area (Å²) in [4.78, 5) is 28.7. The molecule has 4 saturated carbocycles. The van der Waals surface area contributed by atoms with Gasteiger partial charge in [-0.3, -0.25) is 9.59 Å². The van der Waals surface area contributed by atoms with E-state index < -0.39 is 5.92 Å². The smallest absolute Gasteiger partial charge is 0.234 e. The number of benzene rings is 1. The summed E-state index contributed by atoms with van der Waals surface area (Å²) < 4.78 is 0. The van der Waals surface area contributed by atoms with Crippen molar-refractivity contribution in [3.63, 3.8) is 0 Å². The van der Waals surface area contributed by atoms with E-state index in [1.165, 1.54) is 5.56 Å². The molecule has 6 atom stereocenters. The molecule has 8 rings (SSSR count). The van der Waals surface area contributed by atoms with Crippen LogP contribution in [0.3, 0.4) is 0 Å². The maximum Gasteiger partial charge on any atom is 0.234 e. The number of carbonyl (C=O) groups is 2. The Hall–Kier alpha value is -2.10. The van der Waals surface area contributed by atoms with Gasteiger partial charge in [-0.15, -0.1) is 0 Å². The van der Waals surface area contributed by atoms with Crippen molar-refractivity contribution < 1.29 is 9.59 Å². The Balaban J connectivity index is 1.68. The average Bonchev–Trinajstić information content (AvgIpc) is 3.10. The van der Waals surface area contributed by atoms with E-state index in [0.717, 1.165) is 24.9 Å². The van der Waals surface area contributed by atoms with Gasteiger partial charge in [0.25, 0.3) is 0 Å². The average molecular weight is 318 g/mol. The first-order chi connectivity index (χ1) is 11.7. The Morgan fingerprint density at radius 2 is 2.04 bits per heavy atom. The van der Waals surface area contributed by atoms with Crippen molar-refractivity contribution in [2.45, 2.75) is 36.3 Å². The molecule has 3 aliphatic heterocycles. The van der Waals surface area contributed by atoms with Crippen LogP contribution in [0.5, 0.6) is 0 Å². The van der Waals surface area contributed by atoms with Crippen LogP contribution in [-0.2, 0) is 15.0 Å². The maximum absolute atomic E-state index is 13.4. The molecule has 120 valence electrons. The van der Waals surface area contributed by atoms with Crippen molar-refractivity contribution in [2.24, 2.45) is 17.3 Å².